The molecular weight excluding hydrogens is 382 g/mol. The highest BCUT2D eigenvalue weighted by Crippen LogP contribution is 2.37. The van der Waals surface area contributed by atoms with Crippen molar-refractivity contribution in [3.63, 3.8) is 0 Å². The molecule has 1 saturated heterocycles. The summed E-state index contributed by atoms with van der Waals surface area (Å²) in [4.78, 5) is 39.9. The predicted molar refractivity (Wildman–Crippen MR) is 106 cm³/mol. The van der Waals surface area contributed by atoms with E-state index in [1.807, 2.05) is 54.6 Å². The number of imide groups is 1. The zero-order valence-corrected chi connectivity index (χ0v) is 16.4. The average Bonchev–Trinajstić information content (AvgIpc) is 2.96. The third-order valence-electron chi connectivity index (χ3n) is 3.93. The third-order valence-corrected chi connectivity index (χ3v) is 5.91. The predicted octanol–water partition coefficient (Wildman–Crippen LogP) is 4.44. The Labute approximate surface area is 165 Å². The molecule has 0 bridgehead atoms. The molecule has 27 heavy (non-hydrogen) atoms. The largest absolute Gasteiger partial charge is 0.467 e. The molecule has 0 aromatic heterocycles. The van der Waals surface area contributed by atoms with Crippen molar-refractivity contribution in [3.05, 3.63) is 65.1 Å². The highest BCUT2D eigenvalue weighted by Gasteiger charge is 2.41. The van der Waals surface area contributed by atoms with Crippen LogP contribution in [0.2, 0.25) is 0 Å². The molecule has 0 saturated carbocycles. The van der Waals surface area contributed by atoms with E-state index in [9.17, 15) is 14.4 Å². The number of thioether (sulfide) groups is 1. The van der Waals surface area contributed by atoms with Crippen molar-refractivity contribution in [1.82, 2.24) is 4.90 Å². The van der Waals surface area contributed by atoms with Gasteiger partial charge in [-0.3, -0.25) is 14.5 Å². The summed E-state index contributed by atoms with van der Waals surface area (Å²) >= 11 is 2.41. The molecular formula is C20H17NO4S2. The summed E-state index contributed by atoms with van der Waals surface area (Å²) in [5.74, 6) is -1.11. The lowest BCUT2D eigenvalue weighted by atomic mass is 10.2. The minimum Gasteiger partial charge on any atom is -0.467 e. The van der Waals surface area contributed by atoms with Gasteiger partial charge in [-0.05, 0) is 48.5 Å². The van der Waals surface area contributed by atoms with E-state index in [1.54, 1.807) is 17.8 Å². The van der Waals surface area contributed by atoms with Crippen molar-refractivity contribution in [3.8, 4) is 0 Å². The fraction of sp³-hybridized carbons (Fsp3) is 0.150. The highest BCUT2D eigenvalue weighted by atomic mass is 32.2. The molecule has 0 N–H and O–H groups in total. The molecule has 0 aliphatic carbocycles. The van der Waals surface area contributed by atoms with Crippen LogP contribution in [0.1, 0.15) is 12.5 Å². The van der Waals surface area contributed by atoms with Crippen molar-refractivity contribution in [1.29, 1.82) is 0 Å². The zero-order chi connectivity index (χ0) is 19.4. The quantitative estimate of drug-likeness (QED) is 0.547. The van der Waals surface area contributed by atoms with E-state index in [2.05, 4.69) is 4.74 Å². The number of hydrogen-bond donors (Lipinski definition) is 0. The number of esters is 1. The van der Waals surface area contributed by atoms with Crippen LogP contribution in [-0.2, 0) is 14.3 Å². The molecule has 7 heteroatoms. The summed E-state index contributed by atoms with van der Waals surface area (Å²) < 4.78 is 4.64. The van der Waals surface area contributed by atoms with Gasteiger partial charge in [0.1, 0.15) is 6.04 Å². The van der Waals surface area contributed by atoms with Crippen molar-refractivity contribution in [2.45, 2.75) is 22.8 Å². The van der Waals surface area contributed by atoms with E-state index < -0.39 is 23.2 Å². The molecule has 3 rings (SSSR count). The van der Waals surface area contributed by atoms with E-state index in [0.717, 1.165) is 32.0 Å². The van der Waals surface area contributed by atoms with Gasteiger partial charge in [0, 0.05) is 9.79 Å². The minimum atomic E-state index is -0.956. The third kappa shape index (κ3) is 4.26. The van der Waals surface area contributed by atoms with Crippen molar-refractivity contribution in [2.75, 3.05) is 7.11 Å². The summed E-state index contributed by atoms with van der Waals surface area (Å²) in [6.45, 7) is 1.48. The Bertz CT molecular complexity index is 911. The van der Waals surface area contributed by atoms with Crippen LogP contribution in [0, 0.1) is 0 Å². The molecule has 1 unspecified atom stereocenters. The molecule has 1 aliphatic heterocycles. The first-order valence-electron chi connectivity index (χ1n) is 8.18. The van der Waals surface area contributed by atoms with Gasteiger partial charge >= 0.3 is 5.97 Å². The lowest BCUT2D eigenvalue weighted by molar-refractivity contribution is -0.148. The first kappa shape index (κ1) is 19.3. The van der Waals surface area contributed by atoms with E-state index >= 15 is 0 Å². The Kier molecular flexibility index (Phi) is 6.03. The number of carbonyl (C=O) groups is 3. The summed E-state index contributed by atoms with van der Waals surface area (Å²) in [7, 11) is 1.23. The van der Waals surface area contributed by atoms with Gasteiger partial charge in [-0.2, -0.15) is 0 Å². The second-order valence-corrected chi connectivity index (χ2v) is 7.81. The smallest absolute Gasteiger partial charge is 0.328 e. The van der Waals surface area contributed by atoms with Gasteiger partial charge < -0.3 is 4.74 Å². The monoisotopic (exact) mass is 399 g/mol. The number of carbonyl (C=O) groups excluding carboxylic acids is 3. The van der Waals surface area contributed by atoms with Crippen LogP contribution in [0.25, 0.3) is 6.08 Å². The molecule has 1 fully saturated rings. The lowest BCUT2D eigenvalue weighted by Crippen LogP contribution is -2.42. The van der Waals surface area contributed by atoms with Crippen LogP contribution < -0.4 is 0 Å². The maximum Gasteiger partial charge on any atom is 0.328 e. The van der Waals surface area contributed by atoms with Gasteiger partial charge in [0.2, 0.25) is 0 Å². The van der Waals surface area contributed by atoms with Crippen LogP contribution >= 0.6 is 23.5 Å². The zero-order valence-electron chi connectivity index (χ0n) is 14.7. The van der Waals surface area contributed by atoms with Gasteiger partial charge in [0.05, 0.1) is 12.0 Å². The average molecular weight is 399 g/mol. The van der Waals surface area contributed by atoms with Crippen molar-refractivity contribution < 1.29 is 19.1 Å². The van der Waals surface area contributed by atoms with Gasteiger partial charge in [-0.15, -0.1) is 0 Å². The lowest BCUT2D eigenvalue weighted by Gasteiger charge is -2.18. The van der Waals surface area contributed by atoms with E-state index in [1.165, 1.54) is 14.0 Å². The number of rotatable bonds is 5. The Balaban J connectivity index is 1.88. The van der Waals surface area contributed by atoms with Gasteiger partial charge in [-0.25, -0.2) is 4.79 Å². The Morgan fingerprint density at radius 2 is 1.78 bits per heavy atom. The normalized spacial score (nSPS) is 16.7. The second kappa shape index (κ2) is 8.45. The summed E-state index contributed by atoms with van der Waals surface area (Å²) in [5.41, 5.74) is 0.836. The van der Waals surface area contributed by atoms with Gasteiger partial charge in [0.15, 0.2) is 0 Å². The molecule has 138 valence electrons. The van der Waals surface area contributed by atoms with Crippen LogP contribution in [0.4, 0.5) is 4.79 Å². The molecule has 1 heterocycles. The Morgan fingerprint density at radius 1 is 1.11 bits per heavy atom. The molecule has 1 aliphatic rings. The first-order chi connectivity index (χ1) is 13.0. The maximum absolute atomic E-state index is 12.7. The molecule has 2 amide bonds. The van der Waals surface area contributed by atoms with Crippen LogP contribution in [0.15, 0.2) is 69.3 Å². The minimum absolute atomic E-state index is 0.289. The maximum atomic E-state index is 12.7. The van der Waals surface area contributed by atoms with Crippen LogP contribution in [0.3, 0.4) is 0 Å². The van der Waals surface area contributed by atoms with Gasteiger partial charge in [-0.1, -0.05) is 48.2 Å². The number of hydrogen-bond acceptors (Lipinski definition) is 6. The van der Waals surface area contributed by atoms with Crippen LogP contribution in [0.5, 0.6) is 0 Å². The Hall–Kier alpha value is -2.51. The van der Waals surface area contributed by atoms with E-state index in [-0.39, 0.29) is 4.91 Å². The summed E-state index contributed by atoms with van der Waals surface area (Å²) in [5, 5.41) is -0.475. The van der Waals surface area contributed by atoms with Crippen molar-refractivity contribution >= 4 is 46.7 Å². The number of benzene rings is 2. The summed E-state index contributed by atoms with van der Waals surface area (Å²) in [6, 6.07) is 16.6. The molecule has 2 aromatic rings. The molecule has 0 radical (unpaired) electrons. The molecule has 0 spiro atoms. The number of nitrogens with zero attached hydrogens (tertiary/aromatic N) is 1. The number of amides is 2. The van der Waals surface area contributed by atoms with Crippen LogP contribution in [-0.4, -0.2) is 35.2 Å². The molecule has 2 aromatic carbocycles. The van der Waals surface area contributed by atoms with Gasteiger partial charge in [0.25, 0.3) is 11.1 Å². The first-order valence-corrected chi connectivity index (χ1v) is 9.81. The molecule has 1 atom stereocenters. The van der Waals surface area contributed by atoms with E-state index in [0.29, 0.717) is 0 Å². The molecule has 5 nitrogen and oxygen atoms in total. The van der Waals surface area contributed by atoms with E-state index in [4.69, 9.17) is 0 Å². The SMILES string of the molecule is COC(=O)C(C)N1C(=O)S/C(=C\c2ccccc2Sc2ccccc2)C1=O. The fourth-order valence-corrected chi connectivity index (χ4v) is 4.38. The fourth-order valence-electron chi connectivity index (χ4n) is 2.54. The standard InChI is InChI=1S/C20H17NO4S2/c1-13(19(23)25-2)21-18(22)17(27-20(21)24)12-14-8-6-7-11-16(14)26-15-9-4-3-5-10-15/h3-13H,1-2H3/b17-12-. The van der Waals surface area contributed by atoms with Crippen molar-refractivity contribution in [2.24, 2.45) is 0 Å². The summed E-state index contributed by atoms with van der Waals surface area (Å²) in [6.07, 6.45) is 1.69. The number of ether oxygens (including phenoxy) is 1. The number of methoxy groups -OCH3 is 1. The highest BCUT2D eigenvalue weighted by molar-refractivity contribution is 8.18. The second-order valence-electron chi connectivity index (χ2n) is 5.70. The Morgan fingerprint density at radius 3 is 2.48 bits per heavy atom. The topological polar surface area (TPSA) is 63.7 Å².